The molecule has 14 heteroatoms. The number of aromatic nitrogens is 4. The molecule has 2 aromatic heterocycles. The minimum atomic E-state index is -1.34. The highest BCUT2D eigenvalue weighted by Gasteiger charge is 2.36. The number of aryl methyl sites for hydroxylation is 2. The molecule has 1 fully saturated rings. The lowest BCUT2D eigenvalue weighted by Crippen LogP contribution is -2.39. The Morgan fingerprint density at radius 2 is 1.64 bits per heavy atom. The number of nitrogens with zero attached hydrogens (tertiary/aromatic N) is 6. The molecule has 0 unspecified atom stereocenters. The number of β-amino-alcohol motifs (C(OH)–C–C–N with tert-alkyl or cyclic N) is 1. The SMILES string of the molecule is CCc1cc(OCc2ccccc2)c(F)cc1-c1cc(C)c2c(-c3nc4c(n3COCC[Si](C)(C)C)CN(C(=O)N3CC[C@H](O)C3)C4)nn(COCC[Si](C)(C)C)c2c1. The third-order valence-corrected chi connectivity index (χ3v) is 14.7. The molecule has 7 rings (SSSR count). The van der Waals surface area contributed by atoms with E-state index in [1.54, 1.807) is 15.9 Å². The predicted molar refractivity (Wildman–Crippen MR) is 236 cm³/mol. The van der Waals surface area contributed by atoms with E-state index in [2.05, 4.69) is 69.8 Å². The van der Waals surface area contributed by atoms with Gasteiger partial charge in [-0.15, -0.1) is 0 Å². The standard InChI is InChI=1S/C45H61FN6O5Si2/c1-9-33-23-41(57-28-32-13-11-10-12-14-32)37(46)24-36(33)34-21-31(2)42-39(22-34)52(30-56-18-20-59(6,7)8)48-43(42)44-47-38-26-50(45(54)49-16-15-35(53)25-49)27-40(38)51(44)29-55-17-19-58(3,4)5/h10-14,21-24,35,53H,9,15-20,25-30H2,1-8H3/t35-/m0/s1. The minimum absolute atomic E-state index is 0.0838. The van der Waals surface area contributed by atoms with E-state index in [1.807, 2.05) is 41.1 Å². The van der Waals surface area contributed by atoms with Crippen LogP contribution in [0.3, 0.4) is 0 Å². The molecule has 0 bridgehead atoms. The number of hydrogen-bond acceptors (Lipinski definition) is 7. The Balaban J connectivity index is 1.27. The summed E-state index contributed by atoms with van der Waals surface area (Å²) >= 11 is 0. The average Bonchev–Trinajstić information content (AvgIpc) is 3.97. The highest BCUT2D eigenvalue weighted by Crippen LogP contribution is 2.39. The second-order valence-electron chi connectivity index (χ2n) is 18.6. The third-order valence-electron chi connectivity index (χ3n) is 11.3. The Bertz CT molecular complexity index is 2280. The van der Waals surface area contributed by atoms with Gasteiger partial charge in [-0.25, -0.2) is 18.9 Å². The first kappa shape index (κ1) is 42.8. The molecule has 4 heterocycles. The Morgan fingerprint density at radius 3 is 2.31 bits per heavy atom. The molecular weight excluding hydrogens is 780 g/mol. The minimum Gasteiger partial charge on any atom is -0.486 e. The summed E-state index contributed by atoms with van der Waals surface area (Å²) < 4.78 is 38.6. The molecule has 0 saturated carbocycles. The van der Waals surface area contributed by atoms with Gasteiger partial charge in [0.1, 0.15) is 25.8 Å². The lowest BCUT2D eigenvalue weighted by atomic mass is 9.94. The molecule has 0 radical (unpaired) electrons. The van der Waals surface area contributed by atoms with Crippen LogP contribution >= 0.6 is 0 Å². The van der Waals surface area contributed by atoms with E-state index in [0.29, 0.717) is 63.8 Å². The second-order valence-corrected chi connectivity index (χ2v) is 29.8. The second kappa shape index (κ2) is 17.7. The molecule has 3 aromatic carbocycles. The van der Waals surface area contributed by atoms with Gasteiger partial charge < -0.3 is 33.7 Å². The number of likely N-dealkylation sites (tertiary alicyclic amines) is 1. The van der Waals surface area contributed by atoms with Gasteiger partial charge in [-0.1, -0.05) is 82.6 Å². The number of aliphatic hydroxyl groups is 1. The van der Waals surface area contributed by atoms with Crippen molar-refractivity contribution in [1.82, 2.24) is 29.1 Å². The Hall–Kier alpha value is -4.35. The van der Waals surface area contributed by atoms with Crippen LogP contribution in [0.25, 0.3) is 33.5 Å². The fraction of sp³-hybridized carbons (Fsp3) is 0.489. The molecule has 2 aliphatic heterocycles. The molecule has 5 aromatic rings. The molecule has 59 heavy (non-hydrogen) atoms. The van der Waals surface area contributed by atoms with Crippen LogP contribution in [0, 0.1) is 12.7 Å². The molecule has 11 nitrogen and oxygen atoms in total. The number of amides is 2. The number of fused-ring (bicyclic) bond motifs is 2. The van der Waals surface area contributed by atoms with Crippen molar-refractivity contribution in [3.05, 3.63) is 88.5 Å². The third kappa shape index (κ3) is 10.00. The normalized spacial score (nSPS) is 15.8. The first-order chi connectivity index (χ1) is 28.1. The summed E-state index contributed by atoms with van der Waals surface area (Å²) in [5, 5.41) is 16.3. The van der Waals surface area contributed by atoms with Crippen LogP contribution in [-0.2, 0) is 49.1 Å². The van der Waals surface area contributed by atoms with Gasteiger partial charge in [0.05, 0.1) is 36.1 Å². The summed E-state index contributed by atoms with van der Waals surface area (Å²) in [6, 6.07) is 19.4. The summed E-state index contributed by atoms with van der Waals surface area (Å²) in [6.07, 6.45) is 0.797. The lowest BCUT2D eigenvalue weighted by Gasteiger charge is -2.24. The Kier molecular flexibility index (Phi) is 12.8. The van der Waals surface area contributed by atoms with Crippen molar-refractivity contribution in [2.75, 3.05) is 26.3 Å². The molecular formula is C45H61FN6O5Si2. The smallest absolute Gasteiger partial charge is 0.320 e. The van der Waals surface area contributed by atoms with E-state index in [-0.39, 0.29) is 31.8 Å². The quantitative estimate of drug-likeness (QED) is 0.0780. The van der Waals surface area contributed by atoms with Gasteiger partial charge in [0, 0.05) is 47.8 Å². The number of halogens is 1. The number of ether oxygens (including phenoxy) is 3. The first-order valence-corrected chi connectivity index (χ1v) is 28.5. The number of carbonyl (C=O) groups excluding carboxylic acids is 1. The van der Waals surface area contributed by atoms with Crippen molar-refractivity contribution < 1.29 is 28.5 Å². The van der Waals surface area contributed by atoms with Crippen LogP contribution in [0.15, 0.2) is 54.6 Å². The number of hydrogen-bond donors (Lipinski definition) is 1. The van der Waals surface area contributed by atoms with E-state index in [0.717, 1.165) is 62.2 Å². The summed E-state index contributed by atoms with van der Waals surface area (Å²) in [6.45, 7) is 21.9. The van der Waals surface area contributed by atoms with Gasteiger partial charge in [0.2, 0.25) is 0 Å². The number of carbonyl (C=O) groups is 1. The van der Waals surface area contributed by atoms with E-state index in [4.69, 9.17) is 24.3 Å². The summed E-state index contributed by atoms with van der Waals surface area (Å²) in [4.78, 5) is 22.3. The Morgan fingerprint density at radius 1 is 0.932 bits per heavy atom. The van der Waals surface area contributed by atoms with Crippen molar-refractivity contribution in [3.8, 4) is 28.4 Å². The van der Waals surface area contributed by atoms with Crippen LogP contribution in [0.2, 0.25) is 51.4 Å². The zero-order chi connectivity index (χ0) is 42.1. The van der Waals surface area contributed by atoms with Gasteiger partial charge >= 0.3 is 6.03 Å². The van der Waals surface area contributed by atoms with E-state index in [1.165, 1.54) is 0 Å². The zero-order valence-corrected chi connectivity index (χ0v) is 38.1. The highest BCUT2D eigenvalue weighted by atomic mass is 28.3. The van der Waals surface area contributed by atoms with Crippen molar-refractivity contribution in [1.29, 1.82) is 0 Å². The van der Waals surface area contributed by atoms with Crippen LogP contribution < -0.4 is 4.74 Å². The van der Waals surface area contributed by atoms with Crippen molar-refractivity contribution in [3.63, 3.8) is 0 Å². The zero-order valence-electron chi connectivity index (χ0n) is 36.1. The number of urea groups is 1. The molecule has 0 aliphatic carbocycles. The van der Waals surface area contributed by atoms with Gasteiger partial charge in [-0.05, 0) is 77.9 Å². The first-order valence-electron chi connectivity index (χ1n) is 21.1. The number of aliphatic hydroxyl groups excluding tert-OH is 1. The highest BCUT2D eigenvalue weighted by molar-refractivity contribution is 6.76. The maximum Gasteiger partial charge on any atom is 0.320 e. The van der Waals surface area contributed by atoms with Crippen molar-refractivity contribution in [2.45, 2.75) is 117 Å². The monoisotopic (exact) mass is 840 g/mol. The maximum absolute atomic E-state index is 15.9. The summed E-state index contributed by atoms with van der Waals surface area (Å²) in [5.41, 5.74) is 7.97. The van der Waals surface area contributed by atoms with Crippen LogP contribution in [-0.4, -0.2) is 88.8 Å². The number of rotatable bonds is 16. The summed E-state index contributed by atoms with van der Waals surface area (Å²) in [7, 11) is -2.68. The molecule has 316 valence electrons. The largest absolute Gasteiger partial charge is 0.486 e. The molecule has 1 N–H and O–H groups in total. The van der Waals surface area contributed by atoms with E-state index in [9.17, 15) is 9.90 Å². The van der Waals surface area contributed by atoms with Gasteiger partial charge in [0.25, 0.3) is 0 Å². The Labute approximate surface area is 350 Å². The van der Waals surface area contributed by atoms with Crippen molar-refractivity contribution >= 4 is 33.1 Å². The topological polar surface area (TPSA) is 107 Å². The van der Waals surface area contributed by atoms with Crippen LogP contribution in [0.4, 0.5) is 9.18 Å². The average molecular weight is 841 g/mol. The molecule has 1 atom stereocenters. The summed E-state index contributed by atoms with van der Waals surface area (Å²) in [5.74, 6) is 0.517. The molecule has 1 saturated heterocycles. The fourth-order valence-corrected chi connectivity index (χ4v) is 9.32. The maximum atomic E-state index is 15.9. The fourth-order valence-electron chi connectivity index (χ4n) is 7.81. The lowest BCUT2D eigenvalue weighted by molar-refractivity contribution is 0.0814. The van der Waals surface area contributed by atoms with E-state index < -0.39 is 28.1 Å². The van der Waals surface area contributed by atoms with E-state index >= 15 is 4.39 Å². The van der Waals surface area contributed by atoms with Gasteiger partial charge in [-0.3, -0.25) is 0 Å². The number of benzene rings is 3. The number of imidazole rings is 1. The predicted octanol–water partition coefficient (Wildman–Crippen LogP) is 9.28. The molecule has 2 aliphatic rings. The van der Waals surface area contributed by atoms with Gasteiger partial charge in [0.15, 0.2) is 17.4 Å². The van der Waals surface area contributed by atoms with Crippen molar-refractivity contribution in [2.24, 2.45) is 0 Å². The molecule has 0 spiro atoms. The van der Waals surface area contributed by atoms with Crippen LogP contribution in [0.1, 0.15) is 41.4 Å². The molecule has 2 amide bonds. The van der Waals surface area contributed by atoms with Crippen LogP contribution in [0.5, 0.6) is 5.75 Å². The van der Waals surface area contributed by atoms with Gasteiger partial charge in [-0.2, -0.15) is 5.10 Å².